The van der Waals surface area contributed by atoms with Gasteiger partial charge in [0.05, 0.1) is 25.4 Å². The van der Waals surface area contributed by atoms with Gasteiger partial charge < -0.3 is 40.3 Å². The Morgan fingerprint density at radius 1 is 0.833 bits per heavy atom. The second kappa shape index (κ2) is 26.1. The van der Waals surface area contributed by atoms with Crippen LogP contribution in [0.2, 0.25) is 0 Å². The normalized spacial score (nSPS) is 24.0. The molecule has 1 amide bonds. The molecule has 0 radical (unpaired) electrons. The Bertz CT molecular complexity index is 1040. The van der Waals surface area contributed by atoms with Crippen molar-refractivity contribution in [3.63, 3.8) is 0 Å². The molecule has 0 bridgehead atoms. The Morgan fingerprint density at radius 3 is 2.02 bits per heavy atom. The first-order chi connectivity index (χ1) is 22.9. The lowest BCUT2D eigenvalue weighted by Gasteiger charge is -2.41. The van der Waals surface area contributed by atoms with Crippen molar-refractivity contribution in [2.45, 2.75) is 159 Å². The second-order valence-corrected chi connectivity index (χ2v) is 13.3. The molecule has 14 heteroatoms. The van der Waals surface area contributed by atoms with Gasteiger partial charge in [0, 0.05) is 0 Å². The number of ether oxygens (including phenoxy) is 2. The third-order valence-electron chi connectivity index (χ3n) is 8.00. The molecule has 0 spiro atoms. The van der Waals surface area contributed by atoms with Crippen LogP contribution in [0, 0.1) is 0 Å². The van der Waals surface area contributed by atoms with Crippen LogP contribution in [0.25, 0.3) is 0 Å². The molecule has 1 rings (SSSR count). The zero-order chi connectivity index (χ0) is 35.8. The molecule has 1 fully saturated rings. The SMILES string of the molecule is CCCC/C=C\CCCCCC(O)C(=O)NC(COC1OC(CO)C(O)C(OS(=O)(=O)O)C1O)C(O)/C=C/CC/C=C/CCCCCC. The van der Waals surface area contributed by atoms with Gasteiger partial charge in [0.1, 0.15) is 30.5 Å². The zero-order valence-electron chi connectivity index (χ0n) is 28.6. The lowest BCUT2D eigenvalue weighted by molar-refractivity contribution is -0.298. The molecule has 1 aliphatic rings. The summed E-state index contributed by atoms with van der Waals surface area (Å²) in [7, 11) is -5.11. The van der Waals surface area contributed by atoms with Crippen LogP contribution in [0.15, 0.2) is 36.5 Å². The first-order valence-corrected chi connectivity index (χ1v) is 18.8. The number of unbranched alkanes of at least 4 members (excludes halogenated alkanes) is 10. The number of hydrogen-bond donors (Lipinski definition) is 7. The Kier molecular flexibility index (Phi) is 24.1. The molecule has 1 heterocycles. The zero-order valence-corrected chi connectivity index (χ0v) is 29.5. The van der Waals surface area contributed by atoms with E-state index in [-0.39, 0.29) is 6.42 Å². The predicted molar refractivity (Wildman–Crippen MR) is 182 cm³/mol. The molecule has 8 unspecified atom stereocenters. The summed E-state index contributed by atoms with van der Waals surface area (Å²) in [6.07, 6.45) is 14.3. The Labute approximate surface area is 287 Å². The summed E-state index contributed by atoms with van der Waals surface area (Å²) >= 11 is 0. The summed E-state index contributed by atoms with van der Waals surface area (Å²) in [6, 6.07) is -1.14. The summed E-state index contributed by atoms with van der Waals surface area (Å²) in [6.45, 7) is 3.02. The van der Waals surface area contributed by atoms with Gasteiger partial charge in [-0.05, 0) is 51.4 Å². The maximum atomic E-state index is 12.9. The fourth-order valence-electron chi connectivity index (χ4n) is 5.10. The van der Waals surface area contributed by atoms with Gasteiger partial charge in [-0.25, -0.2) is 4.18 Å². The highest BCUT2D eigenvalue weighted by Gasteiger charge is 2.48. The molecule has 0 aromatic heterocycles. The summed E-state index contributed by atoms with van der Waals surface area (Å²) in [4.78, 5) is 12.9. The van der Waals surface area contributed by atoms with Crippen molar-refractivity contribution in [1.29, 1.82) is 0 Å². The van der Waals surface area contributed by atoms with Crippen LogP contribution in [0.5, 0.6) is 0 Å². The van der Waals surface area contributed by atoms with E-state index in [2.05, 4.69) is 47.7 Å². The largest absolute Gasteiger partial charge is 0.397 e. The van der Waals surface area contributed by atoms with Gasteiger partial charge >= 0.3 is 10.4 Å². The maximum absolute atomic E-state index is 12.9. The summed E-state index contributed by atoms with van der Waals surface area (Å²) < 4.78 is 47.0. The average Bonchev–Trinajstić information content (AvgIpc) is 3.05. The molecular formula is C34H61NO12S. The van der Waals surface area contributed by atoms with E-state index in [1.54, 1.807) is 6.08 Å². The van der Waals surface area contributed by atoms with Crippen molar-refractivity contribution < 1.29 is 57.0 Å². The van der Waals surface area contributed by atoms with Crippen molar-refractivity contribution in [2.24, 2.45) is 0 Å². The van der Waals surface area contributed by atoms with Crippen LogP contribution in [0.1, 0.15) is 110 Å². The van der Waals surface area contributed by atoms with E-state index in [1.807, 2.05) is 0 Å². The lowest BCUT2D eigenvalue weighted by atomic mass is 9.99. The molecule has 1 aliphatic heterocycles. The average molecular weight is 708 g/mol. The minimum Gasteiger partial charge on any atom is -0.394 e. The first-order valence-electron chi connectivity index (χ1n) is 17.5. The monoisotopic (exact) mass is 707 g/mol. The quantitative estimate of drug-likeness (QED) is 0.0372. The highest BCUT2D eigenvalue weighted by atomic mass is 32.3. The van der Waals surface area contributed by atoms with Crippen LogP contribution in [0.4, 0.5) is 0 Å². The standard InChI is InChI=1S/C34H61NO12S/c1-3-5-7-9-11-13-15-16-18-20-22-27(37)26(35-33(41)28(38)23-21-19-17-14-12-10-8-6-4-2)25-45-34-31(40)32(47-48(42,43)44)30(39)29(24-36)46-34/h10,12-13,15,20,22,26-32,34,36-40H,3-9,11,14,16-19,21,23-25H2,1-2H3,(H,35,41)(H,42,43,44)/b12-10-,15-13+,22-20+. The number of carbonyl (C=O) groups excluding carboxylic acids is 1. The highest BCUT2D eigenvalue weighted by molar-refractivity contribution is 7.80. The Morgan fingerprint density at radius 2 is 1.42 bits per heavy atom. The van der Waals surface area contributed by atoms with Gasteiger partial charge in [0.15, 0.2) is 6.29 Å². The van der Waals surface area contributed by atoms with Crippen LogP contribution in [-0.4, -0.2) is 107 Å². The van der Waals surface area contributed by atoms with Gasteiger partial charge in [0.2, 0.25) is 5.91 Å². The topological polar surface area (TPSA) is 212 Å². The minimum atomic E-state index is -5.11. The maximum Gasteiger partial charge on any atom is 0.397 e. The summed E-state index contributed by atoms with van der Waals surface area (Å²) in [5, 5.41) is 54.5. The third-order valence-corrected chi connectivity index (χ3v) is 8.47. The van der Waals surface area contributed by atoms with Crippen molar-refractivity contribution in [1.82, 2.24) is 5.32 Å². The van der Waals surface area contributed by atoms with Gasteiger partial charge in [-0.15, -0.1) is 0 Å². The number of hydrogen-bond acceptors (Lipinski definition) is 11. The van der Waals surface area contributed by atoms with E-state index < -0.39 is 78.5 Å². The summed E-state index contributed by atoms with van der Waals surface area (Å²) in [5.74, 6) is -0.733. The van der Waals surface area contributed by atoms with E-state index in [1.165, 1.54) is 25.3 Å². The number of amides is 1. The van der Waals surface area contributed by atoms with Gasteiger partial charge in [-0.2, -0.15) is 8.42 Å². The molecule has 0 aliphatic carbocycles. The number of nitrogens with one attached hydrogen (secondary N) is 1. The van der Waals surface area contributed by atoms with Crippen molar-refractivity contribution in [3.05, 3.63) is 36.5 Å². The molecule has 0 aromatic rings. The smallest absolute Gasteiger partial charge is 0.394 e. The van der Waals surface area contributed by atoms with E-state index in [0.29, 0.717) is 12.8 Å². The molecule has 7 N–H and O–H groups in total. The van der Waals surface area contributed by atoms with E-state index in [4.69, 9.17) is 14.0 Å². The van der Waals surface area contributed by atoms with Crippen LogP contribution < -0.4 is 5.32 Å². The molecule has 8 atom stereocenters. The minimum absolute atomic E-state index is 0.213. The molecule has 0 aromatic carbocycles. The number of aliphatic hydroxyl groups is 5. The van der Waals surface area contributed by atoms with E-state index in [0.717, 1.165) is 57.8 Å². The van der Waals surface area contributed by atoms with Crippen molar-refractivity contribution in [3.8, 4) is 0 Å². The van der Waals surface area contributed by atoms with E-state index >= 15 is 0 Å². The third kappa shape index (κ3) is 19.5. The molecule has 48 heavy (non-hydrogen) atoms. The molecule has 0 saturated carbocycles. The number of aliphatic hydroxyl groups excluding tert-OH is 5. The lowest BCUT2D eigenvalue weighted by Crippen LogP contribution is -2.61. The first kappa shape index (κ1) is 44.3. The Balaban J connectivity index is 2.83. The molecular weight excluding hydrogens is 646 g/mol. The number of allylic oxidation sites excluding steroid dienone is 5. The van der Waals surface area contributed by atoms with Crippen LogP contribution in [-0.2, 0) is 28.9 Å². The predicted octanol–water partition coefficient (Wildman–Crippen LogP) is 3.40. The van der Waals surface area contributed by atoms with Crippen molar-refractivity contribution >= 4 is 16.3 Å². The van der Waals surface area contributed by atoms with E-state index in [9.17, 15) is 38.7 Å². The van der Waals surface area contributed by atoms with Gasteiger partial charge in [-0.3, -0.25) is 9.35 Å². The van der Waals surface area contributed by atoms with Gasteiger partial charge in [0.25, 0.3) is 0 Å². The van der Waals surface area contributed by atoms with Crippen LogP contribution in [0.3, 0.4) is 0 Å². The van der Waals surface area contributed by atoms with Crippen LogP contribution >= 0.6 is 0 Å². The van der Waals surface area contributed by atoms with Crippen molar-refractivity contribution in [2.75, 3.05) is 13.2 Å². The van der Waals surface area contributed by atoms with Gasteiger partial charge in [-0.1, -0.05) is 95.2 Å². The number of rotatable bonds is 27. The molecule has 13 nitrogen and oxygen atoms in total. The molecule has 1 saturated heterocycles. The Hall–Kier alpha value is -1.72. The highest BCUT2D eigenvalue weighted by Crippen LogP contribution is 2.26. The fourth-order valence-corrected chi connectivity index (χ4v) is 5.61. The number of carbonyl (C=O) groups is 1. The summed E-state index contributed by atoms with van der Waals surface area (Å²) in [5.41, 5.74) is 0. The second-order valence-electron chi connectivity index (χ2n) is 12.2. The molecule has 280 valence electrons. The fraction of sp³-hybridized carbons (Fsp3) is 0.794.